The summed E-state index contributed by atoms with van der Waals surface area (Å²) in [5.41, 5.74) is 0.727. The van der Waals surface area contributed by atoms with Crippen molar-refractivity contribution in [1.82, 2.24) is 21.3 Å². The molecule has 4 amide bonds. The zero-order valence-corrected chi connectivity index (χ0v) is 22.3. The van der Waals surface area contributed by atoms with Crippen LogP contribution in [0.2, 0.25) is 0 Å². The molecule has 0 saturated heterocycles. The van der Waals surface area contributed by atoms with Crippen LogP contribution in [0.1, 0.15) is 50.5 Å². The SMILES string of the molecule is CC(C)CNC(=O)[C@H]1Cc2ccc(cc2)Oc2ccc(O)c(c2)C(=O)N[C@@H](C(C)C)C(=O)N[C@@H](C)C(=O)N1. The second kappa shape index (κ2) is 12.4. The Morgan fingerprint density at radius 3 is 2.26 bits per heavy atom. The maximum atomic E-state index is 13.1. The Kier molecular flexibility index (Phi) is 9.33. The van der Waals surface area contributed by atoms with Crippen molar-refractivity contribution in [3.63, 3.8) is 0 Å². The maximum absolute atomic E-state index is 13.1. The second-order valence-corrected chi connectivity index (χ2v) is 10.3. The Hall–Kier alpha value is -4.08. The van der Waals surface area contributed by atoms with E-state index in [9.17, 15) is 24.3 Å². The van der Waals surface area contributed by atoms with Crippen molar-refractivity contribution in [2.75, 3.05) is 6.54 Å². The average Bonchev–Trinajstić information content (AvgIpc) is 2.86. The largest absolute Gasteiger partial charge is 0.507 e. The first-order chi connectivity index (χ1) is 17.9. The molecule has 0 aliphatic carbocycles. The summed E-state index contributed by atoms with van der Waals surface area (Å²) in [5, 5.41) is 21.2. The van der Waals surface area contributed by atoms with Gasteiger partial charge in [0.05, 0.1) is 5.56 Å². The lowest BCUT2D eigenvalue weighted by Gasteiger charge is -2.25. The Bertz CT molecular complexity index is 1180. The van der Waals surface area contributed by atoms with Gasteiger partial charge < -0.3 is 31.1 Å². The summed E-state index contributed by atoms with van der Waals surface area (Å²) in [4.78, 5) is 52.0. The van der Waals surface area contributed by atoms with Gasteiger partial charge in [-0.2, -0.15) is 0 Å². The lowest BCUT2D eigenvalue weighted by atomic mass is 10.0. The number of ether oxygens (including phenoxy) is 1. The number of phenolic OH excluding ortho intramolecular Hbond substituents is 1. The number of amides is 4. The molecule has 10 nitrogen and oxygen atoms in total. The summed E-state index contributed by atoms with van der Waals surface area (Å²) in [5.74, 6) is -1.67. The van der Waals surface area contributed by atoms with Gasteiger partial charge in [0.15, 0.2) is 0 Å². The lowest BCUT2D eigenvalue weighted by Crippen LogP contribution is -2.57. The normalized spacial score (nSPS) is 20.6. The third-order valence-corrected chi connectivity index (χ3v) is 6.12. The zero-order valence-electron chi connectivity index (χ0n) is 22.3. The van der Waals surface area contributed by atoms with Crippen LogP contribution in [0.15, 0.2) is 42.5 Å². The van der Waals surface area contributed by atoms with Crippen LogP contribution >= 0.6 is 0 Å². The van der Waals surface area contributed by atoms with E-state index in [1.165, 1.54) is 25.1 Å². The van der Waals surface area contributed by atoms with E-state index >= 15 is 0 Å². The van der Waals surface area contributed by atoms with E-state index in [-0.39, 0.29) is 35.5 Å². The highest BCUT2D eigenvalue weighted by molar-refractivity contribution is 6.00. The van der Waals surface area contributed by atoms with E-state index < -0.39 is 35.8 Å². The van der Waals surface area contributed by atoms with Gasteiger partial charge in [0.1, 0.15) is 35.4 Å². The van der Waals surface area contributed by atoms with Gasteiger partial charge in [-0.1, -0.05) is 39.8 Å². The Balaban J connectivity index is 1.98. The third kappa shape index (κ3) is 7.47. The number of hydrogen-bond acceptors (Lipinski definition) is 6. The number of carbonyl (C=O) groups is 4. The van der Waals surface area contributed by atoms with Crippen LogP contribution < -0.4 is 26.0 Å². The number of aromatic hydroxyl groups is 1. The molecule has 0 fully saturated rings. The van der Waals surface area contributed by atoms with Crippen LogP contribution in [0.25, 0.3) is 0 Å². The number of rotatable bonds is 4. The molecule has 38 heavy (non-hydrogen) atoms. The topological polar surface area (TPSA) is 146 Å². The molecule has 3 atom stereocenters. The molecule has 2 heterocycles. The molecule has 0 saturated carbocycles. The predicted octanol–water partition coefficient (Wildman–Crippen LogP) is 2.26. The average molecular weight is 525 g/mol. The van der Waals surface area contributed by atoms with Crippen LogP contribution in [-0.4, -0.2) is 53.4 Å². The number of carbonyl (C=O) groups excluding carboxylic acids is 4. The van der Waals surface area contributed by atoms with Gasteiger partial charge in [0.2, 0.25) is 17.7 Å². The predicted molar refractivity (Wildman–Crippen MR) is 142 cm³/mol. The summed E-state index contributed by atoms with van der Waals surface area (Å²) >= 11 is 0. The summed E-state index contributed by atoms with van der Waals surface area (Å²) < 4.78 is 5.87. The molecular formula is C28H36N4O6. The minimum atomic E-state index is -0.988. The Morgan fingerprint density at radius 2 is 1.63 bits per heavy atom. The van der Waals surface area contributed by atoms with Crippen molar-refractivity contribution in [3.8, 4) is 17.2 Å². The van der Waals surface area contributed by atoms with Crippen LogP contribution in [0.5, 0.6) is 17.2 Å². The van der Waals surface area contributed by atoms with Gasteiger partial charge >= 0.3 is 0 Å². The molecule has 2 aliphatic heterocycles. The highest BCUT2D eigenvalue weighted by Gasteiger charge is 2.30. The van der Waals surface area contributed by atoms with Crippen molar-refractivity contribution >= 4 is 23.6 Å². The molecule has 10 heteroatoms. The van der Waals surface area contributed by atoms with Gasteiger partial charge in [0.25, 0.3) is 5.91 Å². The zero-order chi connectivity index (χ0) is 28.0. The van der Waals surface area contributed by atoms with Gasteiger partial charge in [-0.05, 0) is 54.7 Å². The standard InChI is InChI=1S/C28H36N4O6/c1-15(2)14-29-27(36)22-12-18-6-8-19(9-7-18)38-20-10-11-23(33)21(13-20)26(35)32-24(16(3)4)28(37)30-17(5)25(34)31-22/h6-11,13,15-17,22,24,33H,12,14H2,1-5H3,(H,29,36)(H,30,37)(H,31,34)(H,32,35)/t17-,22+,24-/m0/s1. The van der Waals surface area contributed by atoms with Gasteiger partial charge in [0, 0.05) is 13.0 Å². The van der Waals surface area contributed by atoms with E-state index in [2.05, 4.69) is 21.3 Å². The highest BCUT2D eigenvalue weighted by Crippen LogP contribution is 2.28. The van der Waals surface area contributed by atoms with Crippen LogP contribution in [0.4, 0.5) is 0 Å². The molecule has 0 aromatic heterocycles. The second-order valence-electron chi connectivity index (χ2n) is 10.3. The summed E-state index contributed by atoms with van der Waals surface area (Å²) in [6.07, 6.45) is 0.227. The van der Waals surface area contributed by atoms with Crippen molar-refractivity contribution in [1.29, 1.82) is 0 Å². The van der Waals surface area contributed by atoms with Crippen molar-refractivity contribution in [3.05, 3.63) is 53.6 Å². The van der Waals surface area contributed by atoms with Crippen molar-refractivity contribution in [2.24, 2.45) is 11.8 Å². The number of fused-ring (bicyclic) bond motifs is 11. The van der Waals surface area contributed by atoms with Crippen LogP contribution in [0, 0.1) is 11.8 Å². The molecule has 0 radical (unpaired) electrons. The fourth-order valence-electron chi connectivity index (χ4n) is 3.88. The summed E-state index contributed by atoms with van der Waals surface area (Å²) in [6, 6.07) is 8.41. The fourth-order valence-corrected chi connectivity index (χ4v) is 3.88. The maximum Gasteiger partial charge on any atom is 0.255 e. The van der Waals surface area contributed by atoms with Crippen LogP contribution in [0.3, 0.4) is 0 Å². The molecule has 204 valence electrons. The molecule has 4 bridgehead atoms. The Morgan fingerprint density at radius 1 is 0.974 bits per heavy atom. The van der Waals surface area contributed by atoms with Gasteiger partial charge in [-0.3, -0.25) is 19.2 Å². The first-order valence-electron chi connectivity index (χ1n) is 12.7. The third-order valence-electron chi connectivity index (χ3n) is 6.12. The number of phenols is 1. The van der Waals surface area contributed by atoms with E-state index in [0.29, 0.717) is 18.0 Å². The van der Waals surface area contributed by atoms with E-state index in [4.69, 9.17) is 4.74 Å². The molecule has 2 aromatic carbocycles. The highest BCUT2D eigenvalue weighted by atomic mass is 16.5. The van der Waals surface area contributed by atoms with Crippen molar-refractivity contribution in [2.45, 2.75) is 59.2 Å². The molecule has 5 N–H and O–H groups in total. The number of nitrogens with one attached hydrogen (secondary N) is 4. The molecular weight excluding hydrogens is 488 g/mol. The van der Waals surface area contributed by atoms with Gasteiger partial charge in [-0.25, -0.2) is 0 Å². The molecule has 4 rings (SSSR count). The van der Waals surface area contributed by atoms with E-state index in [1.54, 1.807) is 38.1 Å². The minimum absolute atomic E-state index is 0.0558. The molecule has 2 aromatic rings. The van der Waals surface area contributed by atoms with Crippen LogP contribution in [-0.2, 0) is 20.8 Å². The minimum Gasteiger partial charge on any atom is -0.507 e. The van der Waals surface area contributed by atoms with E-state index in [0.717, 1.165) is 5.56 Å². The first kappa shape index (κ1) is 28.5. The first-order valence-corrected chi connectivity index (χ1v) is 12.7. The van der Waals surface area contributed by atoms with E-state index in [1.807, 2.05) is 13.8 Å². The number of hydrogen-bond donors (Lipinski definition) is 5. The monoisotopic (exact) mass is 524 g/mol. The van der Waals surface area contributed by atoms with Crippen molar-refractivity contribution < 1.29 is 29.0 Å². The molecule has 0 unspecified atom stereocenters. The summed E-state index contributed by atoms with van der Waals surface area (Å²) in [7, 11) is 0. The van der Waals surface area contributed by atoms with Gasteiger partial charge in [-0.15, -0.1) is 0 Å². The lowest BCUT2D eigenvalue weighted by molar-refractivity contribution is -0.132. The quantitative estimate of drug-likeness (QED) is 0.388. The number of benzene rings is 2. The molecule has 2 aliphatic rings. The summed E-state index contributed by atoms with van der Waals surface area (Å²) in [6.45, 7) is 9.40. The fraction of sp³-hybridized carbons (Fsp3) is 0.429. The smallest absolute Gasteiger partial charge is 0.255 e. The Labute approximate surface area is 222 Å². The molecule has 0 spiro atoms.